The molecule has 0 bridgehead atoms. The number of nitrogens with two attached hydrogens (primary N) is 1. The molecule has 0 aliphatic carbocycles. The second-order valence-corrected chi connectivity index (χ2v) is 4.07. The van der Waals surface area contributed by atoms with Gasteiger partial charge in [0.1, 0.15) is 0 Å². The first-order valence-electron chi connectivity index (χ1n) is 5.75. The third-order valence-electron chi connectivity index (χ3n) is 2.88. The Balaban J connectivity index is 2.43. The number of hydrogen-bond acceptors (Lipinski definition) is 4. The lowest BCUT2D eigenvalue weighted by Gasteiger charge is -2.21. The summed E-state index contributed by atoms with van der Waals surface area (Å²) in [5.74, 6) is -1.15. The average molecular weight is 249 g/mol. The topological polar surface area (TPSA) is 95.7 Å². The Hall–Kier alpha value is -2.08. The van der Waals surface area contributed by atoms with Gasteiger partial charge in [-0.1, -0.05) is 0 Å². The zero-order chi connectivity index (χ0) is 13.1. The first-order valence-corrected chi connectivity index (χ1v) is 5.75. The lowest BCUT2D eigenvalue weighted by atomic mass is 10.1. The number of nitrogens with one attached hydrogen (secondary N) is 1. The third kappa shape index (κ3) is 2.28. The first-order chi connectivity index (χ1) is 8.63. The standard InChI is InChI=1S/C12H15N3O3/c13-7-11(16)15-5-1-4-14-9-6-8(12(17)18)2-3-10(9)15/h2-3,6,14H,1,4-5,7,13H2,(H,17,18). The molecule has 6 nitrogen and oxygen atoms in total. The zero-order valence-corrected chi connectivity index (χ0v) is 9.85. The molecule has 1 aliphatic heterocycles. The van der Waals surface area contributed by atoms with Crippen molar-refractivity contribution in [2.45, 2.75) is 6.42 Å². The Bertz CT molecular complexity index is 487. The van der Waals surface area contributed by atoms with Crippen molar-refractivity contribution in [1.82, 2.24) is 0 Å². The Labute approximate surface area is 104 Å². The summed E-state index contributed by atoms with van der Waals surface area (Å²) in [6.07, 6.45) is 0.794. The van der Waals surface area contributed by atoms with E-state index in [1.54, 1.807) is 17.0 Å². The van der Waals surface area contributed by atoms with E-state index in [9.17, 15) is 9.59 Å². The van der Waals surface area contributed by atoms with Crippen LogP contribution < -0.4 is 16.0 Å². The summed E-state index contributed by atoms with van der Waals surface area (Å²) in [4.78, 5) is 24.3. The fraction of sp³-hybridized carbons (Fsp3) is 0.333. The minimum Gasteiger partial charge on any atom is -0.478 e. The summed E-state index contributed by atoms with van der Waals surface area (Å²) < 4.78 is 0. The van der Waals surface area contributed by atoms with Crippen LogP contribution in [0.1, 0.15) is 16.8 Å². The van der Waals surface area contributed by atoms with E-state index in [1.165, 1.54) is 6.07 Å². The molecule has 1 aromatic rings. The first kappa shape index (κ1) is 12.4. The van der Waals surface area contributed by atoms with Crippen LogP contribution in [-0.2, 0) is 4.79 Å². The summed E-state index contributed by atoms with van der Waals surface area (Å²) in [6.45, 7) is 1.23. The van der Waals surface area contributed by atoms with Crippen molar-refractivity contribution in [3.8, 4) is 0 Å². The molecular weight excluding hydrogens is 234 g/mol. The molecule has 0 fully saturated rings. The largest absolute Gasteiger partial charge is 0.478 e. The van der Waals surface area contributed by atoms with Gasteiger partial charge < -0.3 is 21.1 Å². The maximum absolute atomic E-state index is 11.8. The number of carboxylic acids is 1. The van der Waals surface area contributed by atoms with E-state index in [4.69, 9.17) is 10.8 Å². The molecule has 0 saturated heterocycles. The highest BCUT2D eigenvalue weighted by molar-refractivity contribution is 5.99. The number of carbonyl (C=O) groups excluding carboxylic acids is 1. The van der Waals surface area contributed by atoms with Crippen molar-refractivity contribution in [3.63, 3.8) is 0 Å². The smallest absolute Gasteiger partial charge is 0.335 e. The quantitative estimate of drug-likeness (QED) is 0.709. The van der Waals surface area contributed by atoms with Gasteiger partial charge >= 0.3 is 5.97 Å². The van der Waals surface area contributed by atoms with E-state index in [1.807, 2.05) is 0 Å². The number of anilines is 2. The molecule has 1 aliphatic rings. The summed E-state index contributed by atoms with van der Waals surface area (Å²) in [5.41, 5.74) is 6.93. The van der Waals surface area contributed by atoms with Gasteiger partial charge in [0.2, 0.25) is 5.91 Å². The Morgan fingerprint density at radius 1 is 1.44 bits per heavy atom. The molecule has 18 heavy (non-hydrogen) atoms. The maximum atomic E-state index is 11.8. The van der Waals surface area contributed by atoms with Gasteiger partial charge in [0.05, 0.1) is 23.5 Å². The molecule has 1 aromatic carbocycles. The predicted molar refractivity (Wildman–Crippen MR) is 67.9 cm³/mol. The van der Waals surface area contributed by atoms with Crippen LogP contribution in [0.3, 0.4) is 0 Å². The monoisotopic (exact) mass is 249 g/mol. The average Bonchev–Trinajstić information content (AvgIpc) is 2.59. The number of rotatable bonds is 2. The fourth-order valence-corrected chi connectivity index (χ4v) is 2.00. The zero-order valence-electron chi connectivity index (χ0n) is 9.85. The molecule has 4 N–H and O–H groups in total. The Morgan fingerprint density at radius 2 is 2.22 bits per heavy atom. The van der Waals surface area contributed by atoms with Crippen LogP contribution in [0.5, 0.6) is 0 Å². The number of hydrogen-bond donors (Lipinski definition) is 3. The van der Waals surface area contributed by atoms with Crippen LogP contribution in [0.25, 0.3) is 0 Å². The van der Waals surface area contributed by atoms with Gasteiger partial charge in [-0.3, -0.25) is 4.79 Å². The van der Waals surface area contributed by atoms with Crippen molar-refractivity contribution >= 4 is 23.3 Å². The molecule has 6 heteroatoms. The van der Waals surface area contributed by atoms with E-state index >= 15 is 0 Å². The normalized spacial score (nSPS) is 14.4. The van der Waals surface area contributed by atoms with E-state index in [-0.39, 0.29) is 18.0 Å². The fourth-order valence-electron chi connectivity index (χ4n) is 2.00. The molecule has 0 radical (unpaired) electrons. The van der Waals surface area contributed by atoms with E-state index < -0.39 is 5.97 Å². The second-order valence-electron chi connectivity index (χ2n) is 4.07. The van der Waals surface area contributed by atoms with Crippen LogP contribution in [0, 0.1) is 0 Å². The van der Waals surface area contributed by atoms with Crippen LogP contribution in [0.15, 0.2) is 18.2 Å². The minimum absolute atomic E-state index is 0.0554. The highest BCUT2D eigenvalue weighted by Gasteiger charge is 2.20. The van der Waals surface area contributed by atoms with Crippen LogP contribution in [-0.4, -0.2) is 36.6 Å². The van der Waals surface area contributed by atoms with E-state index in [0.29, 0.717) is 24.5 Å². The molecule has 1 heterocycles. The van der Waals surface area contributed by atoms with Gasteiger partial charge in [0, 0.05) is 13.1 Å². The van der Waals surface area contributed by atoms with Crippen LogP contribution in [0.2, 0.25) is 0 Å². The van der Waals surface area contributed by atoms with Gasteiger partial charge in [0.15, 0.2) is 0 Å². The van der Waals surface area contributed by atoms with Crippen molar-refractivity contribution in [2.75, 3.05) is 29.9 Å². The number of benzene rings is 1. The number of fused-ring (bicyclic) bond motifs is 1. The Morgan fingerprint density at radius 3 is 2.89 bits per heavy atom. The van der Waals surface area contributed by atoms with Crippen molar-refractivity contribution in [2.24, 2.45) is 5.73 Å². The van der Waals surface area contributed by atoms with Crippen molar-refractivity contribution in [1.29, 1.82) is 0 Å². The number of nitrogens with zero attached hydrogens (tertiary/aromatic N) is 1. The van der Waals surface area contributed by atoms with Gasteiger partial charge in [-0.15, -0.1) is 0 Å². The molecule has 96 valence electrons. The van der Waals surface area contributed by atoms with Crippen molar-refractivity contribution in [3.05, 3.63) is 23.8 Å². The molecule has 1 amide bonds. The molecule has 0 spiro atoms. The van der Waals surface area contributed by atoms with Gasteiger partial charge in [0.25, 0.3) is 0 Å². The summed E-state index contributed by atoms with van der Waals surface area (Å²) in [5, 5.41) is 12.1. The summed E-state index contributed by atoms with van der Waals surface area (Å²) in [7, 11) is 0. The van der Waals surface area contributed by atoms with Crippen molar-refractivity contribution < 1.29 is 14.7 Å². The molecule has 0 saturated carbocycles. The molecule has 0 aromatic heterocycles. The Kier molecular flexibility index (Phi) is 3.47. The molecular formula is C12H15N3O3. The summed E-state index contributed by atoms with van der Waals surface area (Å²) >= 11 is 0. The minimum atomic E-state index is -0.986. The molecule has 0 atom stereocenters. The number of carboxylic acid groups (broad SMARTS) is 1. The van der Waals surface area contributed by atoms with Gasteiger partial charge in [-0.05, 0) is 24.6 Å². The van der Waals surface area contributed by atoms with E-state index in [0.717, 1.165) is 6.42 Å². The number of aromatic carboxylic acids is 1. The highest BCUT2D eigenvalue weighted by Crippen LogP contribution is 2.29. The third-order valence-corrected chi connectivity index (χ3v) is 2.88. The molecule has 2 rings (SSSR count). The number of carbonyl (C=O) groups is 2. The van der Waals surface area contributed by atoms with Crippen LogP contribution >= 0.6 is 0 Å². The SMILES string of the molecule is NCC(=O)N1CCCNc2cc(C(=O)O)ccc21. The highest BCUT2D eigenvalue weighted by atomic mass is 16.4. The number of amides is 1. The van der Waals surface area contributed by atoms with Crippen LogP contribution in [0.4, 0.5) is 11.4 Å². The maximum Gasteiger partial charge on any atom is 0.335 e. The second kappa shape index (κ2) is 5.05. The van der Waals surface area contributed by atoms with Gasteiger partial charge in [-0.2, -0.15) is 0 Å². The predicted octanol–water partition coefficient (Wildman–Crippen LogP) is 0.492. The van der Waals surface area contributed by atoms with Gasteiger partial charge in [-0.25, -0.2) is 4.79 Å². The molecule has 0 unspecified atom stereocenters. The summed E-state index contributed by atoms with van der Waals surface area (Å²) in [6, 6.07) is 4.68. The lowest BCUT2D eigenvalue weighted by molar-refractivity contribution is -0.117. The van der Waals surface area contributed by atoms with E-state index in [2.05, 4.69) is 5.32 Å². The lowest BCUT2D eigenvalue weighted by Crippen LogP contribution is -2.36.